The highest BCUT2D eigenvalue weighted by atomic mass is 16.6. The summed E-state index contributed by atoms with van der Waals surface area (Å²) in [6.07, 6.45) is 1.03. The van der Waals surface area contributed by atoms with Crippen molar-refractivity contribution < 1.29 is 19.1 Å². The predicted octanol–water partition coefficient (Wildman–Crippen LogP) is 4.50. The maximum atomic E-state index is 12.7. The molecular weight excluding hydrogens is 554 g/mol. The third-order valence-electron chi connectivity index (χ3n) is 8.45. The number of nitrogens with one attached hydrogen (secondary N) is 2. The monoisotopic (exact) mass is 597 g/mol. The third kappa shape index (κ3) is 8.98. The van der Waals surface area contributed by atoms with Gasteiger partial charge in [0.15, 0.2) is 5.78 Å². The van der Waals surface area contributed by atoms with Crippen molar-refractivity contribution in [1.29, 1.82) is 0 Å². The van der Waals surface area contributed by atoms with Gasteiger partial charge < -0.3 is 19.9 Å². The lowest BCUT2D eigenvalue weighted by Gasteiger charge is -2.34. The molecule has 3 aromatic carbocycles. The Balaban J connectivity index is 0.961. The topological polar surface area (TPSA) is 94.2 Å². The van der Waals surface area contributed by atoms with Crippen molar-refractivity contribution >= 4 is 23.5 Å². The van der Waals surface area contributed by atoms with Crippen LogP contribution in [0.15, 0.2) is 78.9 Å². The average Bonchev–Trinajstić information content (AvgIpc) is 3.05. The number of ether oxygens (including phenoxy) is 1. The second-order valence-corrected chi connectivity index (χ2v) is 11.6. The van der Waals surface area contributed by atoms with Gasteiger partial charge in [0, 0.05) is 77.0 Å². The molecule has 9 heteroatoms. The summed E-state index contributed by atoms with van der Waals surface area (Å²) in [6, 6.07) is 25.6. The number of hydrogen-bond acceptors (Lipinski definition) is 7. The van der Waals surface area contributed by atoms with Crippen LogP contribution in [0.3, 0.4) is 0 Å². The standard InChI is InChI=1S/C35H43N5O4/c1-27(41)40-23-21-39(22-24-40)26-28-11-13-30(14-12-28)34(42)25-36-17-20-38-18-15-31(16-19-38)44-35(43)37-33-10-6-5-9-32(33)29-7-3-2-4-8-29/h2-14,31,36H,15-26H2,1H3,(H,37,43). The van der Waals surface area contributed by atoms with Gasteiger partial charge in [0.1, 0.15) is 6.10 Å². The van der Waals surface area contributed by atoms with Crippen LogP contribution in [-0.2, 0) is 16.1 Å². The van der Waals surface area contributed by atoms with E-state index in [1.165, 1.54) is 5.56 Å². The van der Waals surface area contributed by atoms with E-state index >= 15 is 0 Å². The molecule has 2 saturated heterocycles. The van der Waals surface area contributed by atoms with Crippen molar-refractivity contribution in [3.63, 3.8) is 0 Å². The van der Waals surface area contributed by atoms with Crippen LogP contribution in [0.2, 0.25) is 0 Å². The summed E-state index contributed by atoms with van der Waals surface area (Å²) < 4.78 is 5.75. The first-order valence-corrected chi connectivity index (χ1v) is 15.6. The highest BCUT2D eigenvalue weighted by Gasteiger charge is 2.23. The van der Waals surface area contributed by atoms with E-state index in [0.717, 1.165) is 88.6 Å². The third-order valence-corrected chi connectivity index (χ3v) is 8.45. The molecule has 0 bridgehead atoms. The van der Waals surface area contributed by atoms with Crippen molar-refractivity contribution in [2.75, 3.05) is 64.2 Å². The van der Waals surface area contributed by atoms with Gasteiger partial charge in [-0.15, -0.1) is 0 Å². The molecule has 44 heavy (non-hydrogen) atoms. The second kappa shape index (κ2) is 15.6. The fourth-order valence-electron chi connectivity index (χ4n) is 5.82. The van der Waals surface area contributed by atoms with Crippen molar-refractivity contribution in [3.05, 3.63) is 90.0 Å². The molecule has 0 radical (unpaired) electrons. The minimum Gasteiger partial charge on any atom is -0.446 e. The molecule has 2 heterocycles. The minimum atomic E-state index is -0.424. The molecule has 0 unspecified atom stereocenters. The normalized spacial score (nSPS) is 16.4. The smallest absolute Gasteiger partial charge is 0.411 e. The largest absolute Gasteiger partial charge is 0.446 e. The summed E-state index contributed by atoms with van der Waals surface area (Å²) in [7, 11) is 0. The molecule has 0 spiro atoms. The van der Waals surface area contributed by atoms with E-state index in [1.54, 1.807) is 6.92 Å². The number of nitrogens with zero attached hydrogens (tertiary/aromatic N) is 3. The Hall–Kier alpha value is -4.05. The maximum Gasteiger partial charge on any atom is 0.411 e. The van der Waals surface area contributed by atoms with Gasteiger partial charge in [-0.05, 0) is 30.0 Å². The summed E-state index contributed by atoms with van der Waals surface area (Å²) in [6.45, 7) is 9.28. The summed E-state index contributed by atoms with van der Waals surface area (Å²) in [5, 5.41) is 6.22. The molecular formula is C35H43N5O4. The van der Waals surface area contributed by atoms with Gasteiger partial charge in [0.25, 0.3) is 0 Å². The second-order valence-electron chi connectivity index (χ2n) is 11.6. The van der Waals surface area contributed by atoms with E-state index in [2.05, 4.69) is 20.4 Å². The van der Waals surface area contributed by atoms with Gasteiger partial charge in [-0.3, -0.25) is 19.8 Å². The van der Waals surface area contributed by atoms with E-state index in [1.807, 2.05) is 83.8 Å². The van der Waals surface area contributed by atoms with E-state index in [-0.39, 0.29) is 17.8 Å². The lowest BCUT2D eigenvalue weighted by molar-refractivity contribution is -0.130. The number of anilines is 1. The number of hydrogen-bond donors (Lipinski definition) is 2. The molecule has 2 aliphatic heterocycles. The first kappa shape index (κ1) is 31.4. The number of rotatable bonds is 11. The van der Waals surface area contributed by atoms with Crippen molar-refractivity contribution in [1.82, 2.24) is 20.0 Å². The number of carbonyl (C=O) groups excluding carboxylic acids is 3. The van der Waals surface area contributed by atoms with Crippen LogP contribution >= 0.6 is 0 Å². The number of para-hydroxylation sites is 1. The Kier molecular flexibility index (Phi) is 11.1. The molecule has 232 valence electrons. The van der Waals surface area contributed by atoms with Crippen LogP contribution in [-0.4, -0.2) is 97.5 Å². The van der Waals surface area contributed by atoms with Crippen molar-refractivity contribution in [2.45, 2.75) is 32.4 Å². The summed E-state index contributed by atoms with van der Waals surface area (Å²) in [4.78, 5) is 43.5. The Morgan fingerprint density at radius 2 is 1.48 bits per heavy atom. The Bertz CT molecular complexity index is 1380. The number of Topliss-reactive ketones (excluding diaryl/α,β-unsaturated/α-hetero) is 1. The van der Waals surface area contributed by atoms with E-state index < -0.39 is 6.09 Å². The van der Waals surface area contributed by atoms with Gasteiger partial charge in [0.05, 0.1) is 12.2 Å². The average molecular weight is 598 g/mol. The van der Waals surface area contributed by atoms with Gasteiger partial charge in [0.2, 0.25) is 5.91 Å². The highest BCUT2D eigenvalue weighted by molar-refractivity contribution is 5.97. The molecule has 2 N–H and O–H groups in total. The first-order chi connectivity index (χ1) is 21.4. The number of piperidine rings is 1. The lowest BCUT2D eigenvalue weighted by Crippen LogP contribution is -2.47. The van der Waals surface area contributed by atoms with E-state index in [4.69, 9.17) is 4.74 Å². The number of piperazine rings is 1. The van der Waals surface area contributed by atoms with Crippen molar-refractivity contribution in [3.8, 4) is 11.1 Å². The van der Waals surface area contributed by atoms with Crippen LogP contribution in [0.4, 0.5) is 10.5 Å². The van der Waals surface area contributed by atoms with Gasteiger partial charge in [-0.2, -0.15) is 0 Å². The summed E-state index contributed by atoms with van der Waals surface area (Å²) in [5.41, 5.74) is 4.62. The Labute approximate surface area is 260 Å². The highest BCUT2D eigenvalue weighted by Crippen LogP contribution is 2.28. The molecule has 0 aliphatic carbocycles. The molecule has 0 saturated carbocycles. The summed E-state index contributed by atoms with van der Waals surface area (Å²) >= 11 is 0. The zero-order chi connectivity index (χ0) is 30.7. The number of carbonyl (C=O) groups is 3. The van der Waals surface area contributed by atoms with Gasteiger partial charge in [-0.1, -0.05) is 72.8 Å². The van der Waals surface area contributed by atoms with Crippen LogP contribution < -0.4 is 10.6 Å². The van der Waals surface area contributed by atoms with Crippen molar-refractivity contribution in [2.24, 2.45) is 0 Å². The van der Waals surface area contributed by atoms with Crippen LogP contribution in [0.5, 0.6) is 0 Å². The van der Waals surface area contributed by atoms with E-state index in [9.17, 15) is 14.4 Å². The lowest BCUT2D eigenvalue weighted by atomic mass is 10.0. The molecule has 3 aromatic rings. The zero-order valence-corrected chi connectivity index (χ0v) is 25.5. The van der Waals surface area contributed by atoms with Crippen LogP contribution in [0.25, 0.3) is 11.1 Å². The van der Waals surface area contributed by atoms with Crippen LogP contribution in [0.1, 0.15) is 35.7 Å². The predicted molar refractivity (Wildman–Crippen MR) is 173 cm³/mol. The van der Waals surface area contributed by atoms with Gasteiger partial charge >= 0.3 is 6.09 Å². The molecule has 5 rings (SSSR count). The van der Waals surface area contributed by atoms with Crippen LogP contribution in [0, 0.1) is 0 Å². The quantitative estimate of drug-likeness (QED) is 0.248. The number of likely N-dealkylation sites (tertiary alicyclic amines) is 1. The fourth-order valence-corrected chi connectivity index (χ4v) is 5.82. The Morgan fingerprint density at radius 3 is 2.18 bits per heavy atom. The number of amides is 2. The number of ketones is 1. The molecule has 0 aromatic heterocycles. The molecule has 9 nitrogen and oxygen atoms in total. The zero-order valence-electron chi connectivity index (χ0n) is 25.5. The minimum absolute atomic E-state index is 0.0820. The fraction of sp³-hybridized carbons (Fsp3) is 0.400. The maximum absolute atomic E-state index is 12.7. The molecule has 0 atom stereocenters. The molecule has 2 amide bonds. The molecule has 2 fully saturated rings. The van der Waals surface area contributed by atoms with Gasteiger partial charge in [-0.25, -0.2) is 4.79 Å². The number of benzene rings is 3. The Morgan fingerprint density at radius 1 is 0.795 bits per heavy atom. The molecule has 2 aliphatic rings. The SMILES string of the molecule is CC(=O)N1CCN(Cc2ccc(C(=O)CNCCN3CCC(OC(=O)Nc4ccccc4-c4ccccc4)CC3)cc2)CC1. The van der Waals surface area contributed by atoms with E-state index in [0.29, 0.717) is 12.1 Å². The first-order valence-electron chi connectivity index (χ1n) is 15.6. The summed E-state index contributed by atoms with van der Waals surface area (Å²) in [5.74, 6) is 0.220.